The molecule has 0 radical (unpaired) electrons. The van der Waals surface area contributed by atoms with Gasteiger partial charge in [-0.25, -0.2) is 8.78 Å². The van der Waals surface area contributed by atoms with Gasteiger partial charge in [-0.3, -0.25) is 0 Å². The SMILES string of the molecule is C\C=C/C(F)=C\C(F)=C\O. The lowest BCUT2D eigenvalue weighted by atomic mass is 10.4. The smallest absolute Gasteiger partial charge is 0.160 e. The largest absolute Gasteiger partial charge is 0.513 e. The molecule has 0 aromatic heterocycles. The van der Waals surface area contributed by atoms with E-state index in [4.69, 9.17) is 5.11 Å². The number of hydrogen-bond acceptors (Lipinski definition) is 1. The molecule has 56 valence electrons. The highest BCUT2D eigenvalue weighted by Crippen LogP contribution is 2.05. The second kappa shape index (κ2) is 4.73. The summed E-state index contributed by atoms with van der Waals surface area (Å²) < 4.78 is 24.2. The van der Waals surface area contributed by atoms with E-state index in [9.17, 15) is 8.78 Å². The molecule has 0 heterocycles. The molecule has 0 aliphatic carbocycles. The van der Waals surface area contributed by atoms with E-state index < -0.39 is 11.7 Å². The zero-order valence-electron chi connectivity index (χ0n) is 5.51. The predicted octanol–water partition coefficient (Wildman–Crippen LogP) is 2.78. The maximum Gasteiger partial charge on any atom is 0.160 e. The summed E-state index contributed by atoms with van der Waals surface area (Å²) in [5.41, 5.74) is 0. The normalized spacial score (nSPS) is 14.7. The van der Waals surface area contributed by atoms with Gasteiger partial charge in [0.25, 0.3) is 0 Å². The van der Waals surface area contributed by atoms with Crippen LogP contribution in [0.4, 0.5) is 8.78 Å². The molecule has 1 N–H and O–H groups in total. The van der Waals surface area contributed by atoms with Crippen molar-refractivity contribution >= 4 is 0 Å². The van der Waals surface area contributed by atoms with Gasteiger partial charge in [0.1, 0.15) is 12.1 Å². The zero-order chi connectivity index (χ0) is 7.98. The average molecular weight is 146 g/mol. The number of allylic oxidation sites excluding steroid dienone is 5. The molecule has 3 heteroatoms. The number of rotatable bonds is 2. The van der Waals surface area contributed by atoms with E-state index in [0.717, 1.165) is 6.08 Å². The van der Waals surface area contributed by atoms with E-state index in [0.29, 0.717) is 6.08 Å². The Balaban J connectivity index is 4.16. The second-order valence-corrected chi connectivity index (χ2v) is 1.54. The molecule has 0 amide bonds. The highest BCUT2D eigenvalue weighted by molar-refractivity contribution is 5.19. The average Bonchev–Trinajstić information content (AvgIpc) is 1.88. The van der Waals surface area contributed by atoms with Gasteiger partial charge in [0.2, 0.25) is 0 Å². The number of hydrogen-bond donors (Lipinski definition) is 1. The lowest BCUT2D eigenvalue weighted by molar-refractivity contribution is 0.446. The van der Waals surface area contributed by atoms with Gasteiger partial charge in [0.15, 0.2) is 5.83 Å². The molecule has 0 aromatic rings. The Morgan fingerprint density at radius 1 is 1.30 bits per heavy atom. The maximum atomic E-state index is 12.2. The van der Waals surface area contributed by atoms with Crippen LogP contribution in [0.2, 0.25) is 0 Å². The lowest BCUT2D eigenvalue weighted by Crippen LogP contribution is -1.68. The summed E-state index contributed by atoms with van der Waals surface area (Å²) in [5, 5.41) is 7.98. The van der Waals surface area contributed by atoms with Crippen molar-refractivity contribution in [1.29, 1.82) is 0 Å². The number of halogens is 2. The molecule has 0 rings (SSSR count). The third kappa shape index (κ3) is 3.83. The maximum absolute atomic E-state index is 12.2. The molecule has 0 aromatic carbocycles. The molecular formula is C7H8F2O. The Hall–Kier alpha value is -1.12. The Morgan fingerprint density at radius 2 is 1.90 bits per heavy atom. The molecule has 0 atom stereocenters. The third-order valence-corrected chi connectivity index (χ3v) is 0.725. The van der Waals surface area contributed by atoms with Crippen molar-refractivity contribution in [1.82, 2.24) is 0 Å². The van der Waals surface area contributed by atoms with E-state index >= 15 is 0 Å². The van der Waals surface area contributed by atoms with Gasteiger partial charge in [0, 0.05) is 6.08 Å². The lowest BCUT2D eigenvalue weighted by Gasteiger charge is -1.83. The number of aliphatic hydroxyl groups excluding tert-OH is 1. The fourth-order valence-electron chi connectivity index (χ4n) is 0.376. The molecule has 0 saturated carbocycles. The molecule has 0 aliphatic rings. The fraction of sp³-hybridized carbons (Fsp3) is 0.143. The van der Waals surface area contributed by atoms with Crippen molar-refractivity contribution in [2.24, 2.45) is 0 Å². The number of aliphatic hydroxyl groups is 1. The van der Waals surface area contributed by atoms with E-state index in [2.05, 4.69) is 0 Å². The molecule has 0 bridgehead atoms. The molecule has 0 fully saturated rings. The van der Waals surface area contributed by atoms with Crippen LogP contribution in [0.15, 0.2) is 36.1 Å². The van der Waals surface area contributed by atoms with Crippen LogP contribution >= 0.6 is 0 Å². The van der Waals surface area contributed by atoms with Crippen LogP contribution in [0.25, 0.3) is 0 Å². The van der Waals surface area contributed by atoms with E-state index in [1.54, 1.807) is 6.92 Å². The molecule has 0 spiro atoms. The van der Waals surface area contributed by atoms with Crippen LogP contribution in [-0.2, 0) is 0 Å². The summed E-state index contributed by atoms with van der Waals surface area (Å²) in [4.78, 5) is 0. The van der Waals surface area contributed by atoms with Gasteiger partial charge in [-0.15, -0.1) is 0 Å². The molecule has 10 heavy (non-hydrogen) atoms. The van der Waals surface area contributed by atoms with Crippen LogP contribution < -0.4 is 0 Å². The Morgan fingerprint density at radius 3 is 2.30 bits per heavy atom. The van der Waals surface area contributed by atoms with Crippen LogP contribution in [0.3, 0.4) is 0 Å². The first-order valence-corrected chi connectivity index (χ1v) is 2.70. The second-order valence-electron chi connectivity index (χ2n) is 1.54. The topological polar surface area (TPSA) is 20.2 Å². The molecule has 1 nitrogen and oxygen atoms in total. The minimum absolute atomic E-state index is 0.198. The van der Waals surface area contributed by atoms with Crippen molar-refractivity contribution < 1.29 is 13.9 Å². The van der Waals surface area contributed by atoms with Crippen LogP contribution in [0.5, 0.6) is 0 Å². The van der Waals surface area contributed by atoms with Gasteiger partial charge >= 0.3 is 0 Å². The first-order chi connectivity index (χ1) is 4.70. The van der Waals surface area contributed by atoms with Crippen molar-refractivity contribution in [3.63, 3.8) is 0 Å². The summed E-state index contributed by atoms with van der Waals surface area (Å²) in [6, 6.07) is 0. The summed E-state index contributed by atoms with van der Waals surface area (Å²) in [7, 11) is 0. The minimum atomic E-state index is -1.00. The summed E-state index contributed by atoms with van der Waals surface area (Å²) in [5.74, 6) is -1.74. The first kappa shape index (κ1) is 8.88. The van der Waals surface area contributed by atoms with Crippen LogP contribution in [0, 0.1) is 0 Å². The fourth-order valence-corrected chi connectivity index (χ4v) is 0.376. The zero-order valence-corrected chi connectivity index (χ0v) is 5.51. The summed E-state index contributed by atoms with van der Waals surface area (Å²) in [6.45, 7) is 1.61. The Kier molecular flexibility index (Phi) is 4.20. The van der Waals surface area contributed by atoms with Crippen molar-refractivity contribution in [3.8, 4) is 0 Å². The van der Waals surface area contributed by atoms with Gasteiger partial charge < -0.3 is 5.11 Å². The van der Waals surface area contributed by atoms with Gasteiger partial charge in [-0.1, -0.05) is 6.08 Å². The molecule has 0 unspecified atom stereocenters. The Bertz CT molecular complexity index is 180. The quantitative estimate of drug-likeness (QED) is 0.469. The summed E-state index contributed by atoms with van der Waals surface area (Å²) >= 11 is 0. The standard InChI is InChI=1S/C7H8F2O/c1-2-3-6(8)4-7(9)5-10/h2-5,10H,1H3/b3-2-,6-4+,7-5-. The van der Waals surface area contributed by atoms with Gasteiger partial charge in [0.05, 0.1) is 0 Å². The summed E-state index contributed by atoms with van der Waals surface area (Å²) in [6.07, 6.45) is 3.29. The van der Waals surface area contributed by atoms with Crippen molar-refractivity contribution in [2.75, 3.05) is 0 Å². The van der Waals surface area contributed by atoms with Gasteiger partial charge in [-0.05, 0) is 13.0 Å². The highest BCUT2D eigenvalue weighted by Gasteiger charge is 1.90. The third-order valence-electron chi connectivity index (χ3n) is 0.725. The highest BCUT2D eigenvalue weighted by atomic mass is 19.1. The van der Waals surface area contributed by atoms with Crippen LogP contribution in [0.1, 0.15) is 6.92 Å². The van der Waals surface area contributed by atoms with Crippen LogP contribution in [-0.4, -0.2) is 5.11 Å². The molecule has 0 saturated heterocycles. The molecule has 0 aliphatic heterocycles. The monoisotopic (exact) mass is 146 g/mol. The first-order valence-electron chi connectivity index (χ1n) is 2.70. The van der Waals surface area contributed by atoms with Gasteiger partial charge in [-0.2, -0.15) is 0 Å². The van der Waals surface area contributed by atoms with Crippen molar-refractivity contribution in [3.05, 3.63) is 36.1 Å². The Labute approximate surface area is 58.0 Å². The minimum Gasteiger partial charge on any atom is -0.513 e. The van der Waals surface area contributed by atoms with E-state index in [1.807, 2.05) is 0 Å². The van der Waals surface area contributed by atoms with E-state index in [-0.39, 0.29) is 6.26 Å². The van der Waals surface area contributed by atoms with E-state index in [1.165, 1.54) is 6.08 Å². The van der Waals surface area contributed by atoms with Crippen molar-refractivity contribution in [2.45, 2.75) is 6.92 Å². The predicted molar refractivity (Wildman–Crippen MR) is 35.8 cm³/mol. The molecular weight excluding hydrogens is 138 g/mol.